The molecule has 1 amide bonds. The Morgan fingerprint density at radius 2 is 1.70 bits per heavy atom. The first-order chi connectivity index (χ1) is 14.5. The van der Waals surface area contributed by atoms with E-state index in [1.807, 2.05) is 21.6 Å². The molecule has 4 rings (SSSR count). The number of aryl methyl sites for hydroxylation is 1. The average Bonchev–Trinajstić information content (AvgIpc) is 3.16. The van der Waals surface area contributed by atoms with Crippen LogP contribution in [0.15, 0.2) is 53.9 Å². The van der Waals surface area contributed by atoms with Crippen LogP contribution in [0.1, 0.15) is 25.8 Å². The van der Waals surface area contributed by atoms with Crippen LogP contribution in [0.25, 0.3) is 17.1 Å². The molecule has 1 aliphatic heterocycles. The van der Waals surface area contributed by atoms with Gasteiger partial charge < -0.3 is 4.90 Å². The Bertz CT molecular complexity index is 992. The van der Waals surface area contributed by atoms with Crippen molar-refractivity contribution in [2.24, 2.45) is 11.8 Å². The first-order valence-corrected chi connectivity index (χ1v) is 11.3. The Balaban J connectivity index is 1.59. The number of carbonyl (C=O) groups is 1. The predicted octanol–water partition coefficient (Wildman–Crippen LogP) is 4.23. The van der Waals surface area contributed by atoms with Crippen molar-refractivity contribution in [1.29, 1.82) is 0 Å². The Morgan fingerprint density at radius 1 is 1.03 bits per heavy atom. The molecule has 2 atom stereocenters. The van der Waals surface area contributed by atoms with Gasteiger partial charge in [-0.1, -0.05) is 43.3 Å². The zero-order chi connectivity index (χ0) is 21.1. The fourth-order valence-electron chi connectivity index (χ4n) is 4.06. The number of aromatic nitrogens is 4. The number of carbonyl (C=O) groups excluding carboxylic acids is 1. The van der Waals surface area contributed by atoms with E-state index in [1.54, 1.807) is 12.4 Å². The van der Waals surface area contributed by atoms with Gasteiger partial charge in [-0.05, 0) is 49.4 Å². The molecule has 0 aliphatic carbocycles. The fraction of sp³-hybridized carbons (Fsp3) is 0.391. The Morgan fingerprint density at radius 3 is 2.37 bits per heavy atom. The van der Waals surface area contributed by atoms with Gasteiger partial charge in [0.1, 0.15) is 0 Å². The molecule has 2 unspecified atom stereocenters. The van der Waals surface area contributed by atoms with Gasteiger partial charge >= 0.3 is 0 Å². The highest BCUT2D eigenvalue weighted by molar-refractivity contribution is 7.99. The number of hydrogen-bond donors (Lipinski definition) is 0. The lowest BCUT2D eigenvalue weighted by Crippen LogP contribution is -2.43. The van der Waals surface area contributed by atoms with E-state index in [1.165, 1.54) is 23.7 Å². The van der Waals surface area contributed by atoms with E-state index >= 15 is 0 Å². The van der Waals surface area contributed by atoms with Gasteiger partial charge in [-0.2, -0.15) is 0 Å². The molecule has 30 heavy (non-hydrogen) atoms. The Kier molecular flexibility index (Phi) is 6.18. The molecule has 0 bridgehead atoms. The minimum absolute atomic E-state index is 0.169. The van der Waals surface area contributed by atoms with Gasteiger partial charge in [0.25, 0.3) is 0 Å². The minimum atomic E-state index is 0.169. The van der Waals surface area contributed by atoms with Crippen LogP contribution >= 0.6 is 11.8 Å². The molecule has 3 aromatic rings. The number of amides is 1. The molecule has 0 saturated carbocycles. The highest BCUT2D eigenvalue weighted by Crippen LogP contribution is 2.29. The van der Waals surface area contributed by atoms with Crippen molar-refractivity contribution >= 4 is 17.7 Å². The third kappa shape index (κ3) is 4.56. The zero-order valence-corrected chi connectivity index (χ0v) is 18.5. The summed E-state index contributed by atoms with van der Waals surface area (Å²) in [6.45, 7) is 8.19. The van der Waals surface area contributed by atoms with Gasteiger partial charge in [0, 0.05) is 36.7 Å². The average molecular weight is 422 g/mol. The van der Waals surface area contributed by atoms with E-state index in [0.29, 0.717) is 17.6 Å². The zero-order valence-electron chi connectivity index (χ0n) is 17.7. The number of thioether (sulfide) groups is 1. The predicted molar refractivity (Wildman–Crippen MR) is 120 cm³/mol. The van der Waals surface area contributed by atoms with E-state index < -0.39 is 0 Å². The maximum atomic E-state index is 12.9. The van der Waals surface area contributed by atoms with Crippen molar-refractivity contribution in [2.75, 3.05) is 18.8 Å². The number of benzene rings is 1. The van der Waals surface area contributed by atoms with Gasteiger partial charge in [-0.3, -0.25) is 14.3 Å². The van der Waals surface area contributed by atoms with Crippen molar-refractivity contribution in [3.8, 4) is 17.1 Å². The molecule has 1 fully saturated rings. The van der Waals surface area contributed by atoms with E-state index in [4.69, 9.17) is 0 Å². The Hall–Kier alpha value is -2.67. The molecule has 7 heteroatoms. The van der Waals surface area contributed by atoms with E-state index in [-0.39, 0.29) is 5.91 Å². The number of likely N-dealkylation sites (tertiary alicyclic amines) is 1. The lowest BCUT2D eigenvalue weighted by Gasteiger charge is -2.34. The topological polar surface area (TPSA) is 63.9 Å². The molecule has 0 radical (unpaired) electrons. The van der Waals surface area contributed by atoms with Crippen LogP contribution in [0.4, 0.5) is 0 Å². The summed E-state index contributed by atoms with van der Waals surface area (Å²) in [4.78, 5) is 19.0. The van der Waals surface area contributed by atoms with Crippen LogP contribution in [0.5, 0.6) is 0 Å². The summed E-state index contributed by atoms with van der Waals surface area (Å²) in [5.74, 6) is 2.38. The van der Waals surface area contributed by atoms with Gasteiger partial charge in [0.2, 0.25) is 5.91 Å². The number of pyridine rings is 1. The number of rotatable bonds is 5. The first kappa shape index (κ1) is 20.6. The highest BCUT2D eigenvalue weighted by Gasteiger charge is 2.26. The van der Waals surface area contributed by atoms with Crippen LogP contribution in [0, 0.1) is 18.8 Å². The van der Waals surface area contributed by atoms with E-state index in [9.17, 15) is 4.79 Å². The smallest absolute Gasteiger partial charge is 0.233 e. The van der Waals surface area contributed by atoms with Crippen molar-refractivity contribution in [1.82, 2.24) is 24.6 Å². The van der Waals surface area contributed by atoms with Crippen molar-refractivity contribution in [3.63, 3.8) is 0 Å². The molecule has 2 aromatic heterocycles. The largest absolute Gasteiger partial charge is 0.341 e. The highest BCUT2D eigenvalue weighted by atomic mass is 32.2. The van der Waals surface area contributed by atoms with Crippen LogP contribution in [0.2, 0.25) is 0 Å². The van der Waals surface area contributed by atoms with Crippen LogP contribution in [-0.4, -0.2) is 49.4 Å². The molecule has 0 N–H and O–H groups in total. The molecule has 156 valence electrons. The van der Waals surface area contributed by atoms with Crippen LogP contribution in [0.3, 0.4) is 0 Å². The SMILES string of the molecule is Cc1ccc(-n2c(SCC(=O)N3CC(C)CC(C)C3)nnc2-c2ccncc2)cc1. The lowest BCUT2D eigenvalue weighted by atomic mass is 9.92. The third-order valence-electron chi connectivity index (χ3n) is 5.41. The second-order valence-corrected chi connectivity index (χ2v) is 9.19. The summed E-state index contributed by atoms with van der Waals surface area (Å²) in [7, 11) is 0. The summed E-state index contributed by atoms with van der Waals surface area (Å²) in [6, 6.07) is 12.1. The fourth-order valence-corrected chi connectivity index (χ4v) is 4.92. The van der Waals surface area contributed by atoms with Gasteiger partial charge in [0.05, 0.1) is 5.75 Å². The molecule has 1 saturated heterocycles. The van der Waals surface area contributed by atoms with Gasteiger partial charge in [-0.15, -0.1) is 10.2 Å². The summed E-state index contributed by atoms with van der Waals surface area (Å²) in [5.41, 5.74) is 3.11. The van der Waals surface area contributed by atoms with Gasteiger partial charge in [-0.25, -0.2) is 0 Å². The molecular weight excluding hydrogens is 394 g/mol. The first-order valence-electron chi connectivity index (χ1n) is 10.3. The van der Waals surface area contributed by atoms with E-state index in [0.717, 1.165) is 35.3 Å². The Labute approximate surface area is 181 Å². The summed E-state index contributed by atoms with van der Waals surface area (Å²) < 4.78 is 2.02. The third-order valence-corrected chi connectivity index (χ3v) is 6.32. The standard InChI is InChI=1S/C23H27N5OS/c1-16-4-6-20(7-5-16)28-22(19-8-10-24-11-9-19)25-26-23(28)30-15-21(29)27-13-17(2)12-18(3)14-27/h4-11,17-18H,12-15H2,1-3H3. The van der Waals surface area contributed by atoms with Gasteiger partial charge in [0.15, 0.2) is 11.0 Å². The second-order valence-electron chi connectivity index (χ2n) is 8.25. The van der Waals surface area contributed by atoms with Crippen LogP contribution < -0.4 is 0 Å². The van der Waals surface area contributed by atoms with Crippen molar-refractivity contribution in [3.05, 3.63) is 54.4 Å². The molecule has 1 aromatic carbocycles. The quantitative estimate of drug-likeness (QED) is 0.577. The van der Waals surface area contributed by atoms with Crippen molar-refractivity contribution in [2.45, 2.75) is 32.3 Å². The van der Waals surface area contributed by atoms with Crippen LogP contribution in [-0.2, 0) is 4.79 Å². The second kappa shape index (κ2) is 9.00. The summed E-state index contributed by atoms with van der Waals surface area (Å²) in [6.07, 6.45) is 4.69. The molecule has 3 heterocycles. The monoisotopic (exact) mass is 421 g/mol. The normalized spacial score (nSPS) is 19.1. The molecule has 1 aliphatic rings. The number of hydrogen-bond acceptors (Lipinski definition) is 5. The molecular formula is C23H27N5OS. The summed E-state index contributed by atoms with van der Waals surface area (Å²) >= 11 is 1.45. The minimum Gasteiger partial charge on any atom is -0.341 e. The molecule has 6 nitrogen and oxygen atoms in total. The number of piperidine rings is 1. The summed E-state index contributed by atoms with van der Waals surface area (Å²) in [5, 5.41) is 9.58. The van der Waals surface area contributed by atoms with Crippen molar-refractivity contribution < 1.29 is 4.79 Å². The maximum Gasteiger partial charge on any atom is 0.233 e. The molecule has 0 spiro atoms. The maximum absolute atomic E-state index is 12.9. The number of nitrogens with zero attached hydrogens (tertiary/aromatic N) is 5. The lowest BCUT2D eigenvalue weighted by molar-refractivity contribution is -0.130. The van der Waals surface area contributed by atoms with E-state index in [2.05, 4.69) is 60.2 Å².